The van der Waals surface area contributed by atoms with E-state index in [1.165, 1.54) is 7.11 Å². The number of alkyl carbamates (subject to hydrolysis) is 1. The summed E-state index contributed by atoms with van der Waals surface area (Å²) in [4.78, 5) is 35.0. The van der Waals surface area contributed by atoms with Gasteiger partial charge in [0.25, 0.3) is 5.91 Å². The number of ether oxygens (including phenoxy) is 2. The Balaban J connectivity index is 2.02. The number of hydrogen-bond acceptors (Lipinski definition) is 5. The zero-order chi connectivity index (χ0) is 19.6. The topological polar surface area (TPSA) is 113 Å². The summed E-state index contributed by atoms with van der Waals surface area (Å²) in [5.41, 5.74) is 8.60. The van der Waals surface area contributed by atoms with Crippen molar-refractivity contribution in [2.24, 2.45) is 5.73 Å². The lowest BCUT2D eigenvalue weighted by Gasteiger charge is -2.22. The van der Waals surface area contributed by atoms with Gasteiger partial charge in [0.15, 0.2) is 6.61 Å². The van der Waals surface area contributed by atoms with Crippen molar-refractivity contribution in [1.82, 2.24) is 9.88 Å². The van der Waals surface area contributed by atoms with Crippen molar-refractivity contribution in [3.05, 3.63) is 29.5 Å². The minimum Gasteiger partial charge on any atom is -0.483 e. The van der Waals surface area contributed by atoms with Gasteiger partial charge in [-0.2, -0.15) is 0 Å². The molecule has 8 nitrogen and oxygen atoms in total. The maximum absolute atomic E-state index is 12.0. The second-order valence-electron chi connectivity index (χ2n) is 6.43. The van der Waals surface area contributed by atoms with Crippen molar-refractivity contribution in [2.45, 2.75) is 38.6 Å². The Hall–Kier alpha value is -3.03. The molecule has 0 fully saturated rings. The molecule has 1 aromatic carbocycles. The molecule has 0 saturated heterocycles. The van der Waals surface area contributed by atoms with Crippen LogP contribution in [0.25, 0.3) is 10.9 Å². The number of aryl methyl sites for hydroxylation is 1. The van der Waals surface area contributed by atoms with Crippen LogP contribution >= 0.6 is 0 Å². The van der Waals surface area contributed by atoms with Gasteiger partial charge in [-0.15, -0.1) is 0 Å². The van der Waals surface area contributed by atoms with E-state index in [9.17, 15) is 14.4 Å². The Kier molecular flexibility index (Phi) is 5.34. The number of amides is 3. The maximum atomic E-state index is 12.0. The Labute approximate surface area is 156 Å². The molecule has 0 saturated carbocycles. The zero-order valence-electron chi connectivity index (χ0n) is 15.4. The first kappa shape index (κ1) is 18.8. The molecule has 0 radical (unpaired) electrons. The fourth-order valence-corrected chi connectivity index (χ4v) is 3.82. The number of nitrogens with two attached hydrogens (primary N) is 1. The molecule has 2 aromatic rings. The smallest absolute Gasteiger partial charge is 0.413 e. The third-order valence-electron chi connectivity index (χ3n) is 4.90. The van der Waals surface area contributed by atoms with E-state index in [-0.39, 0.29) is 18.4 Å². The van der Waals surface area contributed by atoms with Gasteiger partial charge < -0.3 is 19.8 Å². The predicted octanol–water partition coefficient (Wildman–Crippen LogP) is 1.83. The third kappa shape index (κ3) is 3.47. The molecule has 3 rings (SSSR count). The minimum absolute atomic E-state index is 0.346. The Bertz CT molecular complexity index is 902. The van der Waals surface area contributed by atoms with Crippen molar-refractivity contribution in [3.63, 3.8) is 0 Å². The average Bonchev–Trinajstić information content (AvgIpc) is 3.00. The Morgan fingerprint density at radius 3 is 2.78 bits per heavy atom. The standard InChI is InChI=1S/C19H23N3O5/c1-3-22-12-7-4-6-11(18(20)24)16(12)17-13(22)8-5-9-14(17)27-10-15(23)21-19(25)26-2/h5,8-9,11H,3-4,6-7,10H2,1-2H3,(H2,20,24)(H,21,23,25). The van der Waals surface area contributed by atoms with Crippen molar-refractivity contribution in [3.8, 4) is 5.75 Å². The number of carbonyl (C=O) groups excluding carboxylic acids is 3. The molecular weight excluding hydrogens is 350 g/mol. The summed E-state index contributed by atoms with van der Waals surface area (Å²) in [6.07, 6.45) is 1.62. The Morgan fingerprint density at radius 1 is 1.33 bits per heavy atom. The molecule has 1 heterocycles. The van der Waals surface area contributed by atoms with Gasteiger partial charge in [-0.1, -0.05) is 6.07 Å². The number of hydrogen-bond donors (Lipinski definition) is 2. The number of fused-ring (bicyclic) bond motifs is 3. The van der Waals surface area contributed by atoms with E-state index in [1.807, 2.05) is 24.4 Å². The molecule has 3 amide bonds. The third-order valence-corrected chi connectivity index (χ3v) is 4.90. The first-order valence-electron chi connectivity index (χ1n) is 8.91. The van der Waals surface area contributed by atoms with E-state index in [1.54, 1.807) is 6.07 Å². The second-order valence-corrected chi connectivity index (χ2v) is 6.43. The van der Waals surface area contributed by atoms with Crippen LogP contribution in [-0.4, -0.2) is 36.2 Å². The highest BCUT2D eigenvalue weighted by molar-refractivity contribution is 5.97. The molecule has 3 N–H and O–H groups in total. The summed E-state index contributed by atoms with van der Waals surface area (Å²) in [5, 5.41) is 2.86. The summed E-state index contributed by atoms with van der Waals surface area (Å²) in [7, 11) is 1.17. The van der Waals surface area contributed by atoms with E-state index >= 15 is 0 Å². The lowest BCUT2D eigenvalue weighted by Crippen LogP contribution is -2.34. The maximum Gasteiger partial charge on any atom is 0.413 e. The van der Waals surface area contributed by atoms with Crippen LogP contribution in [0.5, 0.6) is 5.75 Å². The van der Waals surface area contributed by atoms with Crippen LogP contribution in [-0.2, 0) is 27.3 Å². The number of imide groups is 1. The summed E-state index contributed by atoms with van der Waals surface area (Å²) >= 11 is 0. The van der Waals surface area contributed by atoms with Gasteiger partial charge in [-0.05, 0) is 43.9 Å². The lowest BCUT2D eigenvalue weighted by molar-refractivity contribution is -0.122. The first-order valence-corrected chi connectivity index (χ1v) is 8.91. The lowest BCUT2D eigenvalue weighted by atomic mass is 9.84. The van der Waals surface area contributed by atoms with Crippen molar-refractivity contribution < 1.29 is 23.9 Å². The van der Waals surface area contributed by atoms with Crippen molar-refractivity contribution in [1.29, 1.82) is 0 Å². The molecule has 8 heteroatoms. The number of carbonyl (C=O) groups is 3. The number of rotatable bonds is 5. The van der Waals surface area contributed by atoms with E-state index in [4.69, 9.17) is 10.5 Å². The van der Waals surface area contributed by atoms with Gasteiger partial charge in [0, 0.05) is 17.6 Å². The quantitative estimate of drug-likeness (QED) is 0.830. The highest BCUT2D eigenvalue weighted by Crippen LogP contribution is 2.42. The molecule has 1 aromatic heterocycles. The van der Waals surface area contributed by atoms with E-state index in [0.29, 0.717) is 12.2 Å². The number of nitrogens with zero attached hydrogens (tertiary/aromatic N) is 1. The number of primary amides is 1. The molecular formula is C19H23N3O5. The van der Waals surface area contributed by atoms with Gasteiger partial charge >= 0.3 is 6.09 Å². The molecule has 1 atom stereocenters. The zero-order valence-corrected chi connectivity index (χ0v) is 15.4. The van der Waals surface area contributed by atoms with Crippen LogP contribution < -0.4 is 15.8 Å². The number of methoxy groups -OCH3 is 1. The molecule has 27 heavy (non-hydrogen) atoms. The van der Waals surface area contributed by atoms with Crippen LogP contribution in [0.2, 0.25) is 0 Å². The molecule has 1 aliphatic rings. The second kappa shape index (κ2) is 7.69. The minimum atomic E-state index is -0.842. The van der Waals surface area contributed by atoms with Gasteiger partial charge in [-0.3, -0.25) is 14.9 Å². The fraction of sp³-hybridized carbons (Fsp3) is 0.421. The average molecular weight is 373 g/mol. The molecule has 0 bridgehead atoms. The van der Waals surface area contributed by atoms with Crippen molar-refractivity contribution in [2.75, 3.05) is 13.7 Å². The van der Waals surface area contributed by atoms with Crippen LogP contribution in [0.4, 0.5) is 4.79 Å². The first-order chi connectivity index (χ1) is 13.0. The van der Waals surface area contributed by atoms with E-state index in [2.05, 4.69) is 9.30 Å². The molecule has 1 aliphatic carbocycles. The van der Waals surface area contributed by atoms with Crippen LogP contribution in [0.3, 0.4) is 0 Å². The molecule has 1 unspecified atom stereocenters. The van der Waals surface area contributed by atoms with E-state index in [0.717, 1.165) is 41.5 Å². The summed E-state index contributed by atoms with van der Waals surface area (Å²) < 4.78 is 12.3. The van der Waals surface area contributed by atoms with Crippen molar-refractivity contribution >= 4 is 28.8 Å². The normalized spacial score (nSPS) is 15.9. The summed E-state index contributed by atoms with van der Waals surface area (Å²) in [6, 6.07) is 5.56. The molecule has 0 spiro atoms. The summed E-state index contributed by atoms with van der Waals surface area (Å²) in [5.74, 6) is -0.861. The SMILES string of the molecule is CCn1c2c(c3c(OCC(=O)NC(=O)OC)cccc31)C(C(N)=O)CCC2. The molecule has 144 valence electrons. The van der Waals surface area contributed by atoms with Crippen LogP contribution in [0.1, 0.15) is 36.9 Å². The number of benzene rings is 1. The van der Waals surface area contributed by atoms with E-state index < -0.39 is 12.0 Å². The Morgan fingerprint density at radius 2 is 2.11 bits per heavy atom. The van der Waals surface area contributed by atoms with Gasteiger partial charge in [0.05, 0.1) is 18.5 Å². The predicted molar refractivity (Wildman–Crippen MR) is 98.5 cm³/mol. The number of nitrogens with one attached hydrogen (secondary N) is 1. The highest BCUT2D eigenvalue weighted by atomic mass is 16.5. The van der Waals surface area contributed by atoms with Gasteiger partial charge in [-0.25, -0.2) is 4.79 Å². The van der Waals surface area contributed by atoms with Gasteiger partial charge in [0.2, 0.25) is 5.91 Å². The highest BCUT2D eigenvalue weighted by Gasteiger charge is 2.32. The fourth-order valence-electron chi connectivity index (χ4n) is 3.82. The van der Waals surface area contributed by atoms with Gasteiger partial charge in [0.1, 0.15) is 5.75 Å². The largest absolute Gasteiger partial charge is 0.483 e. The monoisotopic (exact) mass is 373 g/mol. The molecule has 0 aliphatic heterocycles. The van der Waals surface area contributed by atoms with Crippen LogP contribution in [0.15, 0.2) is 18.2 Å². The van der Waals surface area contributed by atoms with Crippen LogP contribution in [0, 0.1) is 0 Å². The summed E-state index contributed by atoms with van der Waals surface area (Å²) in [6.45, 7) is 2.45. The number of aromatic nitrogens is 1.